The highest BCUT2D eigenvalue weighted by Gasteiger charge is 2.21. The molecule has 1 amide bonds. The first-order valence-corrected chi connectivity index (χ1v) is 9.54. The number of nitrogens with one attached hydrogen (secondary N) is 1. The van der Waals surface area contributed by atoms with Crippen molar-refractivity contribution in [1.29, 1.82) is 0 Å². The molecule has 146 valence electrons. The summed E-state index contributed by atoms with van der Waals surface area (Å²) in [5.41, 5.74) is 3.31. The largest absolute Gasteiger partial charge is 0.484 e. The molecule has 0 aliphatic heterocycles. The molecule has 28 heavy (non-hydrogen) atoms. The highest BCUT2D eigenvalue weighted by atomic mass is 32.1. The molecule has 2 aromatic heterocycles. The van der Waals surface area contributed by atoms with Crippen LogP contribution in [0.15, 0.2) is 45.2 Å². The molecule has 3 rings (SSSR count). The van der Waals surface area contributed by atoms with Crippen LogP contribution in [0.5, 0.6) is 5.75 Å². The van der Waals surface area contributed by atoms with E-state index in [2.05, 4.69) is 10.5 Å². The lowest BCUT2D eigenvalue weighted by Crippen LogP contribution is -2.24. The van der Waals surface area contributed by atoms with Crippen LogP contribution >= 0.6 is 11.3 Å². The van der Waals surface area contributed by atoms with E-state index in [1.165, 1.54) is 11.3 Å². The summed E-state index contributed by atoms with van der Waals surface area (Å²) < 4.78 is 16.4. The number of hydrazone groups is 1. The van der Waals surface area contributed by atoms with Gasteiger partial charge in [0, 0.05) is 10.3 Å². The molecule has 8 heteroatoms. The Morgan fingerprint density at radius 3 is 2.86 bits per heavy atom. The summed E-state index contributed by atoms with van der Waals surface area (Å²) in [5, 5.41) is 6.38. The van der Waals surface area contributed by atoms with E-state index in [0.717, 1.165) is 4.88 Å². The predicted molar refractivity (Wildman–Crippen MR) is 107 cm³/mol. The molecule has 0 aliphatic carbocycles. The Labute approximate surface area is 165 Å². The van der Waals surface area contributed by atoms with Crippen LogP contribution in [0.3, 0.4) is 0 Å². The molecular weight excluding hydrogens is 380 g/mol. The number of fused-ring (bicyclic) bond motifs is 1. The van der Waals surface area contributed by atoms with Crippen molar-refractivity contribution in [2.24, 2.45) is 5.10 Å². The average molecular weight is 400 g/mol. The third-order valence-corrected chi connectivity index (χ3v) is 4.48. The number of hydrogen-bond donors (Lipinski definition) is 1. The summed E-state index contributed by atoms with van der Waals surface area (Å²) in [6.07, 6.45) is 1.32. The van der Waals surface area contributed by atoms with Crippen molar-refractivity contribution in [3.8, 4) is 5.75 Å². The third-order valence-electron chi connectivity index (χ3n) is 3.68. The lowest BCUT2D eigenvalue weighted by Gasteiger charge is -2.08. The van der Waals surface area contributed by atoms with Gasteiger partial charge in [-0.25, -0.2) is 10.2 Å². The zero-order valence-corrected chi connectivity index (χ0v) is 16.5. The molecule has 7 nitrogen and oxygen atoms in total. The van der Waals surface area contributed by atoms with Crippen molar-refractivity contribution in [1.82, 2.24) is 5.43 Å². The molecule has 0 aliphatic rings. The number of ether oxygens (including phenoxy) is 2. The van der Waals surface area contributed by atoms with Gasteiger partial charge >= 0.3 is 5.97 Å². The summed E-state index contributed by atoms with van der Waals surface area (Å²) in [7, 11) is 0. The van der Waals surface area contributed by atoms with Crippen LogP contribution in [-0.4, -0.2) is 30.8 Å². The van der Waals surface area contributed by atoms with Crippen molar-refractivity contribution >= 4 is 40.4 Å². The summed E-state index contributed by atoms with van der Waals surface area (Å²) >= 11 is 1.52. The van der Waals surface area contributed by atoms with E-state index in [9.17, 15) is 9.59 Å². The molecule has 2 heterocycles. The van der Waals surface area contributed by atoms with Gasteiger partial charge in [0.05, 0.1) is 12.3 Å². The fourth-order valence-corrected chi connectivity index (χ4v) is 3.11. The summed E-state index contributed by atoms with van der Waals surface area (Å²) in [6.45, 7) is 5.06. The number of carbonyl (C=O) groups is 2. The summed E-state index contributed by atoms with van der Waals surface area (Å²) in [6, 6.07) is 8.81. The van der Waals surface area contributed by atoms with E-state index in [4.69, 9.17) is 13.9 Å². The summed E-state index contributed by atoms with van der Waals surface area (Å²) in [5.74, 6) is 0.0579. The van der Waals surface area contributed by atoms with Gasteiger partial charge in [-0.05, 0) is 50.4 Å². The van der Waals surface area contributed by atoms with E-state index in [-0.39, 0.29) is 12.7 Å². The Morgan fingerprint density at radius 2 is 2.14 bits per heavy atom. The minimum absolute atomic E-state index is 0.212. The van der Waals surface area contributed by atoms with E-state index in [0.29, 0.717) is 28.0 Å². The number of hydrogen-bond acceptors (Lipinski definition) is 7. The van der Waals surface area contributed by atoms with Crippen LogP contribution in [0, 0.1) is 6.92 Å². The number of esters is 1. The Balaban J connectivity index is 1.66. The molecule has 0 atom stereocenters. The van der Waals surface area contributed by atoms with Crippen LogP contribution in [0.4, 0.5) is 0 Å². The van der Waals surface area contributed by atoms with E-state index >= 15 is 0 Å². The van der Waals surface area contributed by atoms with Gasteiger partial charge < -0.3 is 13.9 Å². The number of nitrogens with zero attached hydrogens (tertiary/aromatic N) is 1. The number of furan rings is 1. The van der Waals surface area contributed by atoms with Crippen LogP contribution in [0.25, 0.3) is 11.0 Å². The number of rotatable bonds is 7. The Morgan fingerprint density at radius 1 is 1.32 bits per heavy atom. The number of aryl methyl sites for hydroxylation is 1. The Kier molecular flexibility index (Phi) is 6.10. The van der Waals surface area contributed by atoms with Crippen LogP contribution in [-0.2, 0) is 9.53 Å². The Hall–Kier alpha value is -3.13. The fraction of sp³-hybridized carbons (Fsp3) is 0.250. The first-order valence-electron chi connectivity index (χ1n) is 8.66. The Bertz CT molecular complexity index is 1010. The molecule has 0 unspecified atom stereocenters. The average Bonchev–Trinajstić information content (AvgIpc) is 3.25. The number of amides is 1. The van der Waals surface area contributed by atoms with E-state index in [1.54, 1.807) is 45.2 Å². The van der Waals surface area contributed by atoms with Crippen LogP contribution < -0.4 is 10.2 Å². The monoisotopic (exact) mass is 400 g/mol. The normalized spacial score (nSPS) is 11.3. The van der Waals surface area contributed by atoms with Gasteiger partial charge in [0.25, 0.3) is 5.91 Å². The molecule has 0 bridgehead atoms. The molecule has 0 spiro atoms. The molecular formula is C20H20N2O5S. The predicted octanol–water partition coefficient (Wildman–Crippen LogP) is 3.90. The molecule has 0 saturated heterocycles. The van der Waals surface area contributed by atoms with Crippen LogP contribution in [0.2, 0.25) is 0 Å². The minimum Gasteiger partial charge on any atom is -0.484 e. The van der Waals surface area contributed by atoms with Crippen LogP contribution in [0.1, 0.15) is 34.8 Å². The second-order valence-corrected chi connectivity index (χ2v) is 7.22. The van der Waals surface area contributed by atoms with Gasteiger partial charge in [-0.1, -0.05) is 6.07 Å². The second kappa shape index (κ2) is 8.71. The molecule has 3 aromatic rings. The highest BCUT2D eigenvalue weighted by molar-refractivity contribution is 7.11. The molecule has 1 N–H and O–H groups in total. The number of thiophene rings is 1. The topological polar surface area (TPSA) is 90.1 Å². The number of carbonyl (C=O) groups excluding carboxylic acids is 2. The van der Waals surface area contributed by atoms with Crippen molar-refractivity contribution in [3.63, 3.8) is 0 Å². The first-order chi connectivity index (χ1) is 13.4. The fourth-order valence-electron chi connectivity index (χ4n) is 2.53. The second-order valence-electron chi connectivity index (χ2n) is 6.24. The first kappa shape index (κ1) is 19.6. The molecule has 0 fully saturated rings. The third kappa shape index (κ3) is 4.77. The lowest BCUT2D eigenvalue weighted by molar-refractivity contribution is -0.123. The smallest absolute Gasteiger partial charge is 0.342 e. The van der Waals surface area contributed by atoms with Gasteiger partial charge in [0.15, 0.2) is 6.61 Å². The van der Waals surface area contributed by atoms with E-state index in [1.807, 2.05) is 17.5 Å². The maximum absolute atomic E-state index is 12.3. The van der Waals surface area contributed by atoms with Gasteiger partial charge in [0.2, 0.25) is 0 Å². The zero-order chi connectivity index (χ0) is 20.1. The van der Waals surface area contributed by atoms with Gasteiger partial charge in [-0.2, -0.15) is 5.10 Å². The van der Waals surface area contributed by atoms with Gasteiger partial charge in [-0.15, -0.1) is 11.3 Å². The molecule has 0 saturated carbocycles. The highest BCUT2D eigenvalue weighted by Crippen LogP contribution is 2.30. The SMILES string of the molecule is Cc1oc2ccc(OCC(=O)NN=Cc3cccs3)cc2c1C(=O)OC(C)C. The standard InChI is InChI=1S/C20H20N2O5S/c1-12(2)26-20(24)19-13(3)27-17-7-6-14(9-16(17)19)25-11-18(23)22-21-10-15-5-4-8-28-15/h4-10,12H,11H2,1-3H3,(H,22,23). The quantitative estimate of drug-likeness (QED) is 0.369. The summed E-state index contributed by atoms with van der Waals surface area (Å²) in [4.78, 5) is 25.1. The van der Waals surface area contributed by atoms with Gasteiger partial charge in [0.1, 0.15) is 22.7 Å². The lowest BCUT2D eigenvalue weighted by atomic mass is 10.1. The van der Waals surface area contributed by atoms with Crippen molar-refractivity contribution < 1.29 is 23.5 Å². The molecule has 0 radical (unpaired) electrons. The van der Waals surface area contributed by atoms with E-state index < -0.39 is 11.9 Å². The maximum Gasteiger partial charge on any atom is 0.342 e. The van der Waals surface area contributed by atoms with Crippen molar-refractivity contribution in [3.05, 3.63) is 51.9 Å². The molecule has 1 aromatic carbocycles. The minimum atomic E-state index is -0.455. The van der Waals surface area contributed by atoms with Gasteiger partial charge in [-0.3, -0.25) is 4.79 Å². The van der Waals surface area contributed by atoms with Crippen molar-refractivity contribution in [2.45, 2.75) is 26.9 Å². The maximum atomic E-state index is 12.3. The van der Waals surface area contributed by atoms with Crippen molar-refractivity contribution in [2.75, 3.05) is 6.61 Å². The zero-order valence-electron chi connectivity index (χ0n) is 15.7. The number of benzene rings is 1.